The van der Waals surface area contributed by atoms with E-state index in [2.05, 4.69) is 17.0 Å². The van der Waals surface area contributed by atoms with Crippen molar-refractivity contribution < 1.29 is 17.5 Å². The molecule has 3 atom stereocenters. The van der Waals surface area contributed by atoms with Crippen molar-refractivity contribution in [3.63, 3.8) is 0 Å². The van der Waals surface area contributed by atoms with Gasteiger partial charge in [-0.2, -0.15) is 4.31 Å². The molecule has 2 aliphatic heterocycles. The average Bonchev–Trinajstić information content (AvgIpc) is 2.87. The van der Waals surface area contributed by atoms with Gasteiger partial charge in [-0.15, -0.1) is 0 Å². The van der Waals surface area contributed by atoms with Gasteiger partial charge in [0.15, 0.2) is 0 Å². The Bertz CT molecular complexity index is 1360. The number of halogens is 1. The summed E-state index contributed by atoms with van der Waals surface area (Å²) in [5.41, 5.74) is 4.43. The summed E-state index contributed by atoms with van der Waals surface area (Å²) in [4.78, 5) is 2.82. The zero-order valence-corrected chi connectivity index (χ0v) is 22.5. The SMILES string of the molecule is COC[C@@H]1[C@@H](c2ccc(-c3cccc(F)c3C)cc2)[C@@H]2CN(S(=O)(=O)c3ccccc3C)CCCCN12. The molecule has 0 bridgehead atoms. The molecule has 2 saturated heterocycles. The van der Waals surface area contributed by atoms with Gasteiger partial charge in [0.25, 0.3) is 0 Å². The van der Waals surface area contributed by atoms with Crippen LogP contribution in [-0.4, -0.2) is 63.1 Å². The molecule has 0 saturated carbocycles. The zero-order chi connectivity index (χ0) is 26.2. The lowest BCUT2D eigenvalue weighted by Gasteiger charge is -2.57. The van der Waals surface area contributed by atoms with Crippen molar-refractivity contribution >= 4 is 10.0 Å². The van der Waals surface area contributed by atoms with Crippen LogP contribution in [0.25, 0.3) is 11.1 Å². The minimum absolute atomic E-state index is 0.0704. The number of hydrogen-bond acceptors (Lipinski definition) is 4. The van der Waals surface area contributed by atoms with E-state index >= 15 is 0 Å². The lowest BCUT2D eigenvalue weighted by molar-refractivity contribution is -0.0635. The summed E-state index contributed by atoms with van der Waals surface area (Å²) in [5, 5.41) is 0. The number of aryl methyl sites for hydroxylation is 1. The van der Waals surface area contributed by atoms with Crippen LogP contribution in [0.2, 0.25) is 0 Å². The molecule has 37 heavy (non-hydrogen) atoms. The molecule has 7 heteroatoms. The Balaban J connectivity index is 1.46. The Morgan fingerprint density at radius 1 is 0.946 bits per heavy atom. The van der Waals surface area contributed by atoms with Gasteiger partial charge in [-0.05, 0) is 73.2 Å². The number of ether oxygens (including phenoxy) is 1. The molecular weight excluding hydrogens is 487 g/mol. The maximum atomic E-state index is 14.1. The van der Waals surface area contributed by atoms with Gasteiger partial charge in [0, 0.05) is 38.2 Å². The third kappa shape index (κ3) is 4.86. The maximum Gasteiger partial charge on any atom is 0.243 e. The third-order valence-electron chi connectivity index (χ3n) is 8.07. The van der Waals surface area contributed by atoms with Gasteiger partial charge < -0.3 is 4.74 Å². The van der Waals surface area contributed by atoms with E-state index in [1.165, 1.54) is 6.07 Å². The van der Waals surface area contributed by atoms with Crippen LogP contribution >= 0.6 is 0 Å². The van der Waals surface area contributed by atoms with E-state index in [1.54, 1.807) is 36.5 Å². The van der Waals surface area contributed by atoms with Crippen molar-refractivity contribution in [2.75, 3.05) is 33.4 Å². The predicted molar refractivity (Wildman–Crippen MR) is 145 cm³/mol. The Kier molecular flexibility index (Phi) is 7.50. The Morgan fingerprint density at radius 3 is 2.41 bits per heavy atom. The van der Waals surface area contributed by atoms with Crippen molar-refractivity contribution in [2.24, 2.45) is 0 Å². The molecule has 2 aliphatic rings. The summed E-state index contributed by atoms with van der Waals surface area (Å²) in [5.74, 6) is -0.0591. The van der Waals surface area contributed by atoms with Gasteiger partial charge in [-0.25, -0.2) is 12.8 Å². The van der Waals surface area contributed by atoms with E-state index in [9.17, 15) is 12.8 Å². The highest BCUT2D eigenvalue weighted by molar-refractivity contribution is 7.89. The largest absolute Gasteiger partial charge is 0.383 e. The first-order valence-corrected chi connectivity index (χ1v) is 14.4. The molecule has 5 rings (SSSR count). The van der Waals surface area contributed by atoms with E-state index in [1.807, 2.05) is 37.3 Å². The summed E-state index contributed by atoms with van der Waals surface area (Å²) in [6.07, 6.45) is 1.78. The second-order valence-electron chi connectivity index (χ2n) is 10.2. The molecule has 0 amide bonds. The highest BCUT2D eigenvalue weighted by atomic mass is 32.2. The smallest absolute Gasteiger partial charge is 0.243 e. The summed E-state index contributed by atoms with van der Waals surface area (Å²) >= 11 is 0. The van der Waals surface area contributed by atoms with Gasteiger partial charge in [-0.1, -0.05) is 54.6 Å². The van der Waals surface area contributed by atoms with Crippen LogP contribution in [0.4, 0.5) is 4.39 Å². The number of benzene rings is 3. The number of hydrogen-bond donors (Lipinski definition) is 0. The van der Waals surface area contributed by atoms with Gasteiger partial charge in [0.1, 0.15) is 5.82 Å². The normalized spacial score (nSPS) is 23.1. The summed E-state index contributed by atoms with van der Waals surface area (Å²) in [7, 11) is -1.88. The van der Waals surface area contributed by atoms with Crippen molar-refractivity contribution in [2.45, 2.75) is 49.6 Å². The lowest BCUT2D eigenvalue weighted by Crippen LogP contribution is -2.68. The van der Waals surface area contributed by atoms with Gasteiger partial charge >= 0.3 is 0 Å². The molecule has 0 spiro atoms. The van der Waals surface area contributed by atoms with E-state index in [0.717, 1.165) is 41.6 Å². The van der Waals surface area contributed by atoms with Crippen LogP contribution in [0.5, 0.6) is 0 Å². The van der Waals surface area contributed by atoms with Gasteiger partial charge in [-0.3, -0.25) is 4.90 Å². The van der Waals surface area contributed by atoms with Crippen molar-refractivity contribution in [1.82, 2.24) is 9.21 Å². The standard InChI is InChI=1S/C30H35FN2O3S/c1-21-9-4-5-12-29(21)37(34,35)32-17-6-7-18-33-27(19-32)30(28(33)20-36-3)24-15-13-23(14-16-24)25-10-8-11-26(31)22(25)2/h4-5,8-16,27-28,30H,6-7,17-20H2,1-3H3/t27-,28+,30-/m0/s1. The first kappa shape index (κ1) is 26.0. The molecule has 196 valence electrons. The van der Waals surface area contributed by atoms with Crippen LogP contribution < -0.4 is 0 Å². The molecule has 0 radical (unpaired) electrons. The lowest BCUT2D eigenvalue weighted by atomic mass is 9.74. The fourth-order valence-corrected chi connectivity index (χ4v) is 7.79. The summed E-state index contributed by atoms with van der Waals surface area (Å²) in [6.45, 7) is 6.16. The molecule has 0 aromatic heterocycles. The molecule has 3 aromatic rings. The third-order valence-corrected chi connectivity index (χ3v) is 10.1. The summed E-state index contributed by atoms with van der Waals surface area (Å²) < 4.78 is 48.9. The molecule has 0 unspecified atom stereocenters. The highest BCUT2D eigenvalue weighted by Crippen LogP contribution is 2.43. The second kappa shape index (κ2) is 10.7. The first-order valence-electron chi connectivity index (χ1n) is 13.0. The number of nitrogens with zero attached hydrogens (tertiary/aromatic N) is 2. The quantitative estimate of drug-likeness (QED) is 0.436. The molecule has 2 fully saturated rings. The average molecular weight is 523 g/mol. The topological polar surface area (TPSA) is 49.9 Å². The van der Waals surface area contributed by atoms with Crippen LogP contribution in [0.15, 0.2) is 71.6 Å². The summed E-state index contributed by atoms with van der Waals surface area (Å²) in [6, 6.07) is 21.0. The van der Waals surface area contributed by atoms with Crippen molar-refractivity contribution in [3.8, 4) is 11.1 Å². The maximum absolute atomic E-state index is 14.1. The van der Waals surface area contributed by atoms with Gasteiger partial charge in [0.2, 0.25) is 10.0 Å². The minimum atomic E-state index is -3.60. The fourth-order valence-electron chi connectivity index (χ4n) is 6.07. The Labute approximate surface area is 219 Å². The first-order chi connectivity index (χ1) is 17.8. The van der Waals surface area contributed by atoms with Crippen LogP contribution in [-0.2, 0) is 14.8 Å². The minimum Gasteiger partial charge on any atom is -0.383 e. The number of sulfonamides is 1. The number of fused-ring (bicyclic) bond motifs is 1. The van der Waals surface area contributed by atoms with E-state index in [4.69, 9.17) is 4.74 Å². The fraction of sp³-hybridized carbons (Fsp3) is 0.400. The second-order valence-corrected chi connectivity index (χ2v) is 12.1. The van der Waals surface area contributed by atoms with E-state index < -0.39 is 10.0 Å². The van der Waals surface area contributed by atoms with Crippen LogP contribution in [0, 0.1) is 19.7 Å². The van der Waals surface area contributed by atoms with Crippen LogP contribution in [0.1, 0.15) is 35.4 Å². The number of rotatable bonds is 6. The van der Waals surface area contributed by atoms with Crippen molar-refractivity contribution in [3.05, 3.63) is 89.2 Å². The molecule has 2 heterocycles. The van der Waals surface area contributed by atoms with E-state index in [0.29, 0.717) is 30.2 Å². The molecule has 0 N–H and O–H groups in total. The molecule has 0 aliphatic carbocycles. The molecule has 3 aromatic carbocycles. The predicted octanol–water partition coefficient (Wildman–Crippen LogP) is 5.38. The van der Waals surface area contributed by atoms with E-state index in [-0.39, 0.29) is 23.8 Å². The van der Waals surface area contributed by atoms with Gasteiger partial charge in [0.05, 0.1) is 11.5 Å². The Hall–Kier alpha value is -2.58. The van der Waals surface area contributed by atoms with Crippen LogP contribution in [0.3, 0.4) is 0 Å². The zero-order valence-electron chi connectivity index (χ0n) is 21.7. The number of methoxy groups -OCH3 is 1. The van der Waals surface area contributed by atoms with Crippen molar-refractivity contribution in [1.29, 1.82) is 0 Å². The Morgan fingerprint density at radius 2 is 1.68 bits per heavy atom. The molecular formula is C30H35FN2O3S. The monoisotopic (exact) mass is 522 g/mol. The highest BCUT2D eigenvalue weighted by Gasteiger charge is 2.50. The molecule has 5 nitrogen and oxygen atoms in total.